The van der Waals surface area contributed by atoms with Gasteiger partial charge in [0.1, 0.15) is 5.54 Å². The van der Waals surface area contributed by atoms with Gasteiger partial charge in [0, 0.05) is 43.1 Å². The number of rotatable bonds is 3. The molecule has 4 fully saturated rings. The van der Waals surface area contributed by atoms with E-state index in [2.05, 4.69) is 24.1 Å². The third-order valence-electron chi connectivity index (χ3n) is 6.68. The van der Waals surface area contributed by atoms with Crippen LogP contribution in [-0.2, 0) is 9.53 Å². The zero-order chi connectivity index (χ0) is 15.5. The number of amides is 1. The van der Waals surface area contributed by atoms with Gasteiger partial charge < -0.3 is 15.8 Å². The van der Waals surface area contributed by atoms with Crippen LogP contribution < -0.4 is 11.1 Å². The molecule has 0 aromatic heterocycles. The molecule has 0 bridgehead atoms. The van der Waals surface area contributed by atoms with Gasteiger partial charge in [-0.05, 0) is 32.1 Å². The number of carbonyl (C=O) groups is 1. The summed E-state index contributed by atoms with van der Waals surface area (Å²) in [5, 5.41) is 3.26. The van der Waals surface area contributed by atoms with Crippen LogP contribution >= 0.6 is 24.8 Å². The van der Waals surface area contributed by atoms with Gasteiger partial charge in [-0.1, -0.05) is 13.8 Å². The van der Waals surface area contributed by atoms with E-state index in [1.165, 1.54) is 12.8 Å². The molecule has 2 heterocycles. The fourth-order valence-electron chi connectivity index (χ4n) is 5.02. The second-order valence-electron chi connectivity index (χ2n) is 8.32. The van der Waals surface area contributed by atoms with E-state index in [0.29, 0.717) is 0 Å². The molecule has 2 aliphatic heterocycles. The molecule has 4 unspecified atom stereocenters. The quantitative estimate of drug-likeness (QED) is 0.783. The summed E-state index contributed by atoms with van der Waals surface area (Å²) in [6.07, 6.45) is 5.89. The predicted octanol–water partition coefficient (Wildman–Crippen LogP) is 1.72. The molecule has 0 aromatic carbocycles. The summed E-state index contributed by atoms with van der Waals surface area (Å²) in [6, 6.07) is 1.05. The average molecular weight is 380 g/mol. The molecule has 3 N–H and O–H groups in total. The van der Waals surface area contributed by atoms with Crippen molar-refractivity contribution in [1.29, 1.82) is 0 Å². The molecule has 0 radical (unpaired) electrons. The van der Waals surface area contributed by atoms with Crippen molar-refractivity contribution in [3.8, 4) is 0 Å². The molecule has 1 amide bonds. The molecule has 2 saturated carbocycles. The average Bonchev–Trinajstić information content (AvgIpc) is 3.26. The second kappa shape index (κ2) is 6.92. The molecular weight excluding hydrogens is 349 g/mol. The van der Waals surface area contributed by atoms with E-state index in [9.17, 15) is 4.79 Å². The van der Waals surface area contributed by atoms with E-state index < -0.39 is 5.54 Å². The second-order valence-corrected chi connectivity index (χ2v) is 8.32. The highest BCUT2D eigenvalue weighted by atomic mass is 35.5. The van der Waals surface area contributed by atoms with E-state index in [-0.39, 0.29) is 54.2 Å². The van der Waals surface area contributed by atoms with Gasteiger partial charge in [0.2, 0.25) is 5.91 Å². The van der Waals surface area contributed by atoms with Crippen molar-refractivity contribution in [1.82, 2.24) is 10.2 Å². The standard InChI is InChI=1S/C17H29N3O2.2ClH/c1-16(2)14-13(4-3-9-22-14)17(16,18)15(21)19-11-7-8-20(10-11)12-5-6-12;;/h11-14H,3-10,18H2,1-2H3,(H,19,21);2*1H. The van der Waals surface area contributed by atoms with Crippen LogP contribution in [0.5, 0.6) is 0 Å². The smallest absolute Gasteiger partial charge is 0.241 e. The van der Waals surface area contributed by atoms with Gasteiger partial charge in [-0.15, -0.1) is 24.8 Å². The van der Waals surface area contributed by atoms with Crippen LogP contribution in [0.25, 0.3) is 0 Å². The highest BCUT2D eigenvalue weighted by Gasteiger charge is 2.70. The summed E-state index contributed by atoms with van der Waals surface area (Å²) in [5.74, 6) is 0.226. The van der Waals surface area contributed by atoms with Gasteiger partial charge in [-0.25, -0.2) is 0 Å². The minimum Gasteiger partial charge on any atom is -0.377 e. The maximum absolute atomic E-state index is 13.0. The Morgan fingerprint density at radius 2 is 1.92 bits per heavy atom. The topological polar surface area (TPSA) is 67.6 Å². The third kappa shape index (κ3) is 2.86. The molecular formula is C17H31Cl2N3O2. The van der Waals surface area contributed by atoms with E-state index in [0.717, 1.165) is 45.0 Å². The number of fused-ring (bicyclic) bond motifs is 1. The molecule has 2 saturated heterocycles. The third-order valence-corrected chi connectivity index (χ3v) is 6.68. The summed E-state index contributed by atoms with van der Waals surface area (Å²) < 4.78 is 5.90. The molecule has 2 aliphatic carbocycles. The lowest BCUT2D eigenvalue weighted by Crippen LogP contribution is -2.82. The van der Waals surface area contributed by atoms with Crippen molar-refractivity contribution in [2.45, 2.75) is 69.7 Å². The maximum Gasteiger partial charge on any atom is 0.241 e. The highest BCUT2D eigenvalue weighted by Crippen LogP contribution is 2.57. The Labute approximate surface area is 157 Å². The molecule has 7 heteroatoms. The van der Waals surface area contributed by atoms with Gasteiger partial charge in [-0.2, -0.15) is 0 Å². The van der Waals surface area contributed by atoms with Gasteiger partial charge in [0.05, 0.1) is 6.10 Å². The van der Waals surface area contributed by atoms with Crippen LogP contribution in [0.1, 0.15) is 46.0 Å². The largest absolute Gasteiger partial charge is 0.377 e. The van der Waals surface area contributed by atoms with Gasteiger partial charge in [-0.3, -0.25) is 9.69 Å². The fourth-order valence-corrected chi connectivity index (χ4v) is 5.02. The van der Waals surface area contributed by atoms with E-state index in [4.69, 9.17) is 10.5 Å². The number of likely N-dealkylation sites (tertiary alicyclic amines) is 1. The molecule has 24 heavy (non-hydrogen) atoms. The Hall–Kier alpha value is -0.0700. The Morgan fingerprint density at radius 1 is 1.21 bits per heavy atom. The molecule has 0 spiro atoms. The van der Waals surface area contributed by atoms with E-state index >= 15 is 0 Å². The minimum absolute atomic E-state index is 0. The Balaban J connectivity index is 0.00000104. The molecule has 4 atom stereocenters. The van der Waals surface area contributed by atoms with Gasteiger partial charge in [0.15, 0.2) is 0 Å². The van der Waals surface area contributed by atoms with Gasteiger partial charge >= 0.3 is 0 Å². The van der Waals surface area contributed by atoms with Crippen molar-refractivity contribution in [3.63, 3.8) is 0 Å². The number of hydrogen-bond acceptors (Lipinski definition) is 4. The lowest BCUT2D eigenvalue weighted by molar-refractivity contribution is -0.225. The molecule has 140 valence electrons. The van der Waals surface area contributed by atoms with Crippen LogP contribution in [0.2, 0.25) is 0 Å². The summed E-state index contributed by atoms with van der Waals surface area (Å²) >= 11 is 0. The Morgan fingerprint density at radius 3 is 2.58 bits per heavy atom. The first kappa shape index (κ1) is 20.2. The van der Waals surface area contributed by atoms with Crippen molar-refractivity contribution in [3.05, 3.63) is 0 Å². The number of halogens is 2. The molecule has 4 rings (SSSR count). The summed E-state index contributed by atoms with van der Waals surface area (Å²) in [4.78, 5) is 15.5. The monoisotopic (exact) mass is 379 g/mol. The van der Waals surface area contributed by atoms with Crippen molar-refractivity contribution < 1.29 is 9.53 Å². The zero-order valence-electron chi connectivity index (χ0n) is 14.6. The maximum atomic E-state index is 13.0. The molecule has 5 nitrogen and oxygen atoms in total. The van der Waals surface area contributed by atoms with Crippen LogP contribution in [0, 0.1) is 11.3 Å². The first-order valence-electron chi connectivity index (χ1n) is 8.90. The number of nitrogens with one attached hydrogen (secondary N) is 1. The number of nitrogens with two attached hydrogens (primary N) is 1. The minimum atomic E-state index is -0.773. The van der Waals surface area contributed by atoms with Crippen LogP contribution in [0.3, 0.4) is 0 Å². The van der Waals surface area contributed by atoms with Gasteiger partial charge in [0.25, 0.3) is 0 Å². The van der Waals surface area contributed by atoms with Crippen molar-refractivity contribution in [2.24, 2.45) is 17.1 Å². The van der Waals surface area contributed by atoms with Crippen LogP contribution in [0.15, 0.2) is 0 Å². The first-order chi connectivity index (χ1) is 10.4. The van der Waals surface area contributed by atoms with Crippen molar-refractivity contribution >= 4 is 30.7 Å². The number of hydrogen-bond donors (Lipinski definition) is 2. The molecule has 0 aromatic rings. The Bertz CT molecular complexity index is 486. The fraction of sp³-hybridized carbons (Fsp3) is 0.941. The normalized spacial score (nSPS) is 40.5. The SMILES string of the molecule is CC1(C)C2OCCCC2C1(N)C(=O)NC1CCN(C2CC2)C1.Cl.Cl. The highest BCUT2D eigenvalue weighted by molar-refractivity contribution is 5.89. The number of carbonyl (C=O) groups excluding carboxylic acids is 1. The van der Waals surface area contributed by atoms with Crippen LogP contribution in [-0.4, -0.2) is 54.2 Å². The van der Waals surface area contributed by atoms with E-state index in [1.54, 1.807) is 0 Å². The predicted molar refractivity (Wildman–Crippen MR) is 98.8 cm³/mol. The summed E-state index contributed by atoms with van der Waals surface area (Å²) in [5.41, 5.74) is 5.60. The first-order valence-corrected chi connectivity index (χ1v) is 8.90. The lowest BCUT2D eigenvalue weighted by atomic mass is 9.46. The van der Waals surface area contributed by atoms with Crippen molar-refractivity contribution in [2.75, 3.05) is 19.7 Å². The zero-order valence-corrected chi connectivity index (χ0v) is 16.3. The van der Waals surface area contributed by atoms with E-state index in [1.807, 2.05) is 0 Å². The summed E-state index contributed by atoms with van der Waals surface area (Å²) in [6.45, 7) is 7.10. The van der Waals surface area contributed by atoms with Crippen LogP contribution in [0.4, 0.5) is 0 Å². The molecule has 4 aliphatic rings. The lowest BCUT2D eigenvalue weighted by Gasteiger charge is -2.65. The number of nitrogens with zero attached hydrogens (tertiary/aromatic N) is 1. The Kier molecular flexibility index (Phi) is 5.83. The summed E-state index contributed by atoms with van der Waals surface area (Å²) in [7, 11) is 0. The number of ether oxygens (including phenoxy) is 1.